The predicted molar refractivity (Wildman–Crippen MR) is 55.5 cm³/mol. The third-order valence-electron chi connectivity index (χ3n) is 3.01. The minimum Gasteiger partial charge on any atom is -0.351 e. The molecule has 15 heavy (non-hydrogen) atoms. The largest absolute Gasteiger partial charge is 0.351 e. The summed E-state index contributed by atoms with van der Waals surface area (Å²) in [5.41, 5.74) is 0. The number of carbonyl (C=O) groups is 1. The monoisotopic (exact) mass is 208 g/mol. The van der Waals surface area contributed by atoms with Crippen LogP contribution in [0.15, 0.2) is 16.8 Å². The Bertz CT molecular complexity index is 321. The Labute approximate surface area is 89.2 Å². The fourth-order valence-electron chi connectivity index (χ4n) is 2.16. The van der Waals surface area contributed by atoms with Crippen LogP contribution >= 0.6 is 0 Å². The fourth-order valence-corrected chi connectivity index (χ4v) is 2.16. The number of likely N-dealkylation sites (tertiary alicyclic amines) is 1. The Morgan fingerprint density at radius 2 is 2.53 bits per heavy atom. The van der Waals surface area contributed by atoms with Crippen molar-refractivity contribution in [1.82, 2.24) is 10.1 Å². The first-order valence-corrected chi connectivity index (χ1v) is 5.54. The van der Waals surface area contributed by atoms with Gasteiger partial charge < -0.3 is 9.42 Å². The minimum atomic E-state index is -0.0148. The second-order valence-corrected chi connectivity index (χ2v) is 3.93. The van der Waals surface area contributed by atoms with E-state index in [1.807, 2.05) is 4.90 Å². The van der Waals surface area contributed by atoms with Crippen molar-refractivity contribution in [2.45, 2.75) is 38.6 Å². The molecule has 1 aliphatic rings. The Balaban J connectivity index is 2.11. The molecule has 0 spiro atoms. The third-order valence-corrected chi connectivity index (χ3v) is 3.01. The molecule has 1 fully saturated rings. The van der Waals surface area contributed by atoms with Gasteiger partial charge in [0.1, 0.15) is 0 Å². The van der Waals surface area contributed by atoms with E-state index in [9.17, 15) is 4.79 Å². The van der Waals surface area contributed by atoms with Crippen LogP contribution in [-0.2, 0) is 0 Å². The lowest BCUT2D eigenvalue weighted by Crippen LogP contribution is -2.43. The summed E-state index contributed by atoms with van der Waals surface area (Å²) in [7, 11) is 0. The average Bonchev–Trinajstić information content (AvgIpc) is 2.81. The molecular formula is C11H16N2O2. The van der Waals surface area contributed by atoms with Crippen LogP contribution in [0.5, 0.6) is 0 Å². The van der Waals surface area contributed by atoms with Crippen molar-refractivity contribution < 1.29 is 9.32 Å². The Kier molecular flexibility index (Phi) is 3.04. The minimum absolute atomic E-state index is 0.0148. The number of carbonyl (C=O) groups excluding carboxylic acids is 1. The van der Waals surface area contributed by atoms with Crippen LogP contribution in [0, 0.1) is 0 Å². The average molecular weight is 208 g/mol. The van der Waals surface area contributed by atoms with Gasteiger partial charge in [0, 0.05) is 18.7 Å². The Morgan fingerprint density at radius 1 is 1.67 bits per heavy atom. The van der Waals surface area contributed by atoms with Gasteiger partial charge in [-0.25, -0.2) is 0 Å². The predicted octanol–water partition coefficient (Wildman–Crippen LogP) is 2.08. The third kappa shape index (κ3) is 2.03. The highest BCUT2D eigenvalue weighted by atomic mass is 16.5. The fraction of sp³-hybridized carbons (Fsp3) is 0.636. The summed E-state index contributed by atoms with van der Waals surface area (Å²) in [5, 5.41) is 3.57. The van der Waals surface area contributed by atoms with Crippen molar-refractivity contribution in [2.24, 2.45) is 0 Å². The molecule has 1 aliphatic heterocycles. The molecule has 0 saturated carbocycles. The van der Waals surface area contributed by atoms with Crippen LogP contribution in [0.3, 0.4) is 0 Å². The summed E-state index contributed by atoms with van der Waals surface area (Å²) >= 11 is 0. The zero-order chi connectivity index (χ0) is 10.7. The molecule has 0 aromatic carbocycles. The SMILES string of the molecule is CCC1CCCCN1C(=O)c1ccno1. The molecule has 1 amide bonds. The maximum Gasteiger partial charge on any atom is 0.292 e. The van der Waals surface area contributed by atoms with Crippen LogP contribution in [0.1, 0.15) is 43.2 Å². The van der Waals surface area contributed by atoms with Gasteiger partial charge >= 0.3 is 0 Å². The molecule has 4 nitrogen and oxygen atoms in total. The number of hydrogen-bond donors (Lipinski definition) is 0. The van der Waals surface area contributed by atoms with E-state index in [1.54, 1.807) is 6.07 Å². The lowest BCUT2D eigenvalue weighted by molar-refractivity contribution is 0.0566. The quantitative estimate of drug-likeness (QED) is 0.747. The van der Waals surface area contributed by atoms with Gasteiger partial charge in [-0.15, -0.1) is 0 Å². The topological polar surface area (TPSA) is 46.3 Å². The summed E-state index contributed by atoms with van der Waals surface area (Å²) in [4.78, 5) is 13.9. The first-order valence-electron chi connectivity index (χ1n) is 5.54. The highest BCUT2D eigenvalue weighted by molar-refractivity contribution is 5.91. The second-order valence-electron chi connectivity index (χ2n) is 3.93. The van der Waals surface area contributed by atoms with Gasteiger partial charge in [-0.05, 0) is 25.7 Å². The van der Waals surface area contributed by atoms with Crippen LogP contribution in [0.25, 0.3) is 0 Å². The summed E-state index contributed by atoms with van der Waals surface area (Å²) < 4.78 is 4.90. The molecule has 4 heteroatoms. The Hall–Kier alpha value is -1.32. The van der Waals surface area contributed by atoms with Crippen molar-refractivity contribution >= 4 is 5.91 Å². The molecule has 2 rings (SSSR count). The molecule has 0 bridgehead atoms. The van der Waals surface area contributed by atoms with E-state index < -0.39 is 0 Å². The maximum absolute atomic E-state index is 12.0. The number of amides is 1. The van der Waals surface area contributed by atoms with E-state index in [4.69, 9.17) is 4.52 Å². The smallest absolute Gasteiger partial charge is 0.292 e. The Morgan fingerprint density at radius 3 is 3.20 bits per heavy atom. The second kappa shape index (κ2) is 4.47. The zero-order valence-electron chi connectivity index (χ0n) is 8.98. The molecule has 0 N–H and O–H groups in total. The van der Waals surface area contributed by atoms with Crippen LogP contribution in [-0.4, -0.2) is 28.6 Å². The highest BCUT2D eigenvalue weighted by Gasteiger charge is 2.27. The van der Waals surface area contributed by atoms with Gasteiger partial charge in [-0.1, -0.05) is 12.1 Å². The molecule has 0 radical (unpaired) electrons. The summed E-state index contributed by atoms with van der Waals surface area (Å²) in [6.07, 6.45) is 5.95. The van der Waals surface area contributed by atoms with E-state index in [2.05, 4.69) is 12.1 Å². The molecule has 0 aliphatic carbocycles. The van der Waals surface area contributed by atoms with Gasteiger partial charge in [0.15, 0.2) is 0 Å². The lowest BCUT2D eigenvalue weighted by atomic mass is 10.00. The maximum atomic E-state index is 12.0. The first-order chi connectivity index (χ1) is 7.33. The number of nitrogens with zero attached hydrogens (tertiary/aromatic N) is 2. The molecular weight excluding hydrogens is 192 g/mol. The van der Waals surface area contributed by atoms with Crippen molar-refractivity contribution in [3.8, 4) is 0 Å². The van der Waals surface area contributed by atoms with Gasteiger partial charge in [0.25, 0.3) is 5.91 Å². The van der Waals surface area contributed by atoms with Crippen LogP contribution < -0.4 is 0 Å². The van der Waals surface area contributed by atoms with Gasteiger partial charge in [-0.2, -0.15) is 0 Å². The molecule has 2 heterocycles. The number of hydrogen-bond acceptors (Lipinski definition) is 3. The number of rotatable bonds is 2. The van der Waals surface area contributed by atoms with Crippen LogP contribution in [0.2, 0.25) is 0 Å². The van der Waals surface area contributed by atoms with Crippen LogP contribution in [0.4, 0.5) is 0 Å². The van der Waals surface area contributed by atoms with E-state index >= 15 is 0 Å². The van der Waals surface area contributed by atoms with Gasteiger partial charge in [0.05, 0.1) is 6.20 Å². The normalized spacial score (nSPS) is 21.7. The highest BCUT2D eigenvalue weighted by Crippen LogP contribution is 2.21. The van der Waals surface area contributed by atoms with Crippen molar-refractivity contribution in [2.75, 3.05) is 6.54 Å². The summed E-state index contributed by atoms with van der Waals surface area (Å²) in [6, 6.07) is 2.00. The number of aromatic nitrogens is 1. The van der Waals surface area contributed by atoms with E-state index in [0.29, 0.717) is 11.8 Å². The van der Waals surface area contributed by atoms with Gasteiger partial charge in [-0.3, -0.25) is 4.79 Å². The molecule has 1 saturated heterocycles. The van der Waals surface area contributed by atoms with Crippen molar-refractivity contribution in [1.29, 1.82) is 0 Å². The standard InChI is InChI=1S/C11H16N2O2/c1-2-9-5-3-4-8-13(9)11(14)10-6-7-12-15-10/h6-7,9H,2-5,8H2,1H3. The first kappa shape index (κ1) is 10.2. The van der Waals surface area contributed by atoms with E-state index in [0.717, 1.165) is 25.8 Å². The van der Waals surface area contributed by atoms with E-state index in [-0.39, 0.29) is 5.91 Å². The van der Waals surface area contributed by atoms with E-state index in [1.165, 1.54) is 12.6 Å². The lowest BCUT2D eigenvalue weighted by Gasteiger charge is -2.34. The zero-order valence-corrected chi connectivity index (χ0v) is 8.98. The van der Waals surface area contributed by atoms with Crippen molar-refractivity contribution in [3.05, 3.63) is 18.0 Å². The molecule has 1 aromatic heterocycles. The number of piperidine rings is 1. The molecule has 1 aromatic rings. The molecule has 1 unspecified atom stereocenters. The van der Waals surface area contributed by atoms with Gasteiger partial charge in [0.2, 0.25) is 5.76 Å². The molecule has 1 atom stereocenters. The summed E-state index contributed by atoms with van der Waals surface area (Å²) in [5.74, 6) is 0.342. The summed E-state index contributed by atoms with van der Waals surface area (Å²) in [6.45, 7) is 2.97. The molecule has 82 valence electrons. The van der Waals surface area contributed by atoms with Crippen molar-refractivity contribution in [3.63, 3.8) is 0 Å².